The molecule has 96 valence electrons. The van der Waals surface area contributed by atoms with Crippen LogP contribution in [0, 0.1) is 5.92 Å². The average molecular weight is 230 g/mol. The Labute approximate surface area is 99.2 Å². The maximum absolute atomic E-state index is 9.77. The van der Waals surface area contributed by atoms with E-state index in [1.807, 2.05) is 6.92 Å². The highest BCUT2D eigenvalue weighted by Crippen LogP contribution is 2.19. The first-order valence-electron chi connectivity index (χ1n) is 6.19. The van der Waals surface area contributed by atoms with E-state index >= 15 is 0 Å². The fourth-order valence-electron chi connectivity index (χ4n) is 2.47. The molecular formula is C12H26N2O2. The lowest BCUT2D eigenvalue weighted by Gasteiger charge is -2.23. The monoisotopic (exact) mass is 230 g/mol. The molecule has 4 nitrogen and oxygen atoms in total. The lowest BCUT2D eigenvalue weighted by Crippen LogP contribution is -2.37. The highest BCUT2D eigenvalue weighted by molar-refractivity contribution is 4.87. The van der Waals surface area contributed by atoms with E-state index in [4.69, 9.17) is 4.74 Å². The maximum Gasteiger partial charge on any atom is 0.0900 e. The smallest absolute Gasteiger partial charge is 0.0900 e. The molecule has 4 heteroatoms. The van der Waals surface area contributed by atoms with Crippen molar-refractivity contribution >= 4 is 0 Å². The van der Waals surface area contributed by atoms with Crippen molar-refractivity contribution in [3.63, 3.8) is 0 Å². The minimum Gasteiger partial charge on any atom is -0.389 e. The molecule has 1 aliphatic rings. The Morgan fingerprint density at radius 3 is 2.62 bits per heavy atom. The largest absolute Gasteiger partial charge is 0.389 e. The first-order valence-corrected chi connectivity index (χ1v) is 6.19. The average Bonchev–Trinajstić information content (AvgIpc) is 2.56. The molecule has 3 atom stereocenters. The Morgan fingerprint density at radius 1 is 1.44 bits per heavy atom. The van der Waals surface area contributed by atoms with Crippen molar-refractivity contribution in [2.75, 3.05) is 46.9 Å². The summed E-state index contributed by atoms with van der Waals surface area (Å²) in [7, 11) is 4.25. The minimum absolute atomic E-state index is 0.354. The molecule has 1 rings (SSSR count). The van der Waals surface area contributed by atoms with Crippen molar-refractivity contribution in [1.82, 2.24) is 9.80 Å². The second-order valence-electron chi connectivity index (χ2n) is 5.04. The molecule has 0 saturated carbocycles. The van der Waals surface area contributed by atoms with E-state index in [-0.39, 0.29) is 6.10 Å². The molecule has 1 N–H and O–H groups in total. The summed E-state index contributed by atoms with van der Waals surface area (Å²) >= 11 is 0. The summed E-state index contributed by atoms with van der Waals surface area (Å²) in [5, 5.41) is 9.77. The second-order valence-corrected chi connectivity index (χ2v) is 5.04. The third kappa shape index (κ3) is 4.01. The maximum atomic E-state index is 9.77. The summed E-state index contributed by atoms with van der Waals surface area (Å²) in [5.41, 5.74) is 0. The topological polar surface area (TPSA) is 35.9 Å². The number of rotatable bonds is 6. The van der Waals surface area contributed by atoms with Crippen molar-refractivity contribution in [3.8, 4) is 0 Å². The van der Waals surface area contributed by atoms with Gasteiger partial charge in [0.2, 0.25) is 0 Å². The van der Waals surface area contributed by atoms with Gasteiger partial charge in [0.15, 0.2) is 0 Å². The van der Waals surface area contributed by atoms with E-state index in [0.717, 1.165) is 19.6 Å². The van der Waals surface area contributed by atoms with E-state index < -0.39 is 0 Å². The Balaban J connectivity index is 2.29. The van der Waals surface area contributed by atoms with Gasteiger partial charge in [-0.15, -0.1) is 0 Å². The quantitative estimate of drug-likeness (QED) is 0.710. The lowest BCUT2D eigenvalue weighted by molar-refractivity contribution is 0.0241. The number of hydrogen-bond donors (Lipinski definition) is 1. The number of ether oxygens (including phenoxy) is 1. The van der Waals surface area contributed by atoms with Crippen LogP contribution in [0.2, 0.25) is 0 Å². The highest BCUT2D eigenvalue weighted by atomic mass is 16.5. The highest BCUT2D eigenvalue weighted by Gasteiger charge is 2.31. The van der Waals surface area contributed by atoms with Gasteiger partial charge in [0.25, 0.3) is 0 Å². The molecule has 0 aromatic rings. The Kier molecular flexibility index (Phi) is 5.69. The molecule has 0 aliphatic carbocycles. The predicted octanol–water partition coefficient (Wildman–Crippen LogP) is 0.266. The zero-order valence-corrected chi connectivity index (χ0v) is 11.0. The minimum atomic E-state index is -0.354. The fourth-order valence-corrected chi connectivity index (χ4v) is 2.47. The molecule has 1 aliphatic heterocycles. The SMILES string of the molecule is CCOCC(O)CN1CC(C)C(N(C)C)C1. The number of β-amino-alcohol motifs (C(OH)–C–C–N with tert-alkyl or cyclic N) is 1. The normalized spacial score (nSPS) is 28.9. The third-order valence-corrected chi connectivity index (χ3v) is 3.29. The number of likely N-dealkylation sites (tertiary alicyclic amines) is 1. The molecule has 16 heavy (non-hydrogen) atoms. The van der Waals surface area contributed by atoms with E-state index in [2.05, 4.69) is 30.8 Å². The van der Waals surface area contributed by atoms with Gasteiger partial charge in [-0.25, -0.2) is 0 Å². The number of aliphatic hydroxyl groups excluding tert-OH is 1. The lowest BCUT2D eigenvalue weighted by atomic mass is 10.1. The van der Waals surface area contributed by atoms with Crippen molar-refractivity contribution in [2.45, 2.75) is 26.0 Å². The van der Waals surface area contributed by atoms with Crippen LogP contribution in [0.15, 0.2) is 0 Å². The van der Waals surface area contributed by atoms with E-state index in [0.29, 0.717) is 25.2 Å². The number of hydrogen-bond acceptors (Lipinski definition) is 4. The van der Waals surface area contributed by atoms with Crippen LogP contribution in [-0.4, -0.2) is 74.0 Å². The predicted molar refractivity (Wildman–Crippen MR) is 65.6 cm³/mol. The van der Waals surface area contributed by atoms with Gasteiger partial charge in [-0.3, -0.25) is 4.90 Å². The first kappa shape index (κ1) is 13.9. The zero-order chi connectivity index (χ0) is 12.1. The molecule has 0 aromatic heterocycles. The van der Waals surface area contributed by atoms with Crippen LogP contribution in [0.3, 0.4) is 0 Å². The molecule has 1 heterocycles. The summed E-state index contributed by atoms with van der Waals surface area (Å²) in [6, 6.07) is 0.610. The van der Waals surface area contributed by atoms with Gasteiger partial charge >= 0.3 is 0 Å². The zero-order valence-electron chi connectivity index (χ0n) is 11.0. The standard InChI is InChI=1S/C12H26N2O2/c1-5-16-9-11(15)7-14-6-10(2)12(8-14)13(3)4/h10-12,15H,5-9H2,1-4H3. The van der Waals surface area contributed by atoms with Gasteiger partial charge in [0.1, 0.15) is 0 Å². The summed E-state index contributed by atoms with van der Waals surface area (Å²) in [6.07, 6.45) is -0.354. The Morgan fingerprint density at radius 2 is 2.12 bits per heavy atom. The van der Waals surface area contributed by atoms with E-state index in [1.165, 1.54) is 0 Å². The molecular weight excluding hydrogens is 204 g/mol. The molecule has 0 aromatic carbocycles. The van der Waals surface area contributed by atoms with E-state index in [9.17, 15) is 5.11 Å². The molecule has 1 fully saturated rings. The molecule has 3 unspecified atom stereocenters. The molecule has 0 bridgehead atoms. The number of nitrogens with zero attached hydrogens (tertiary/aromatic N) is 2. The van der Waals surface area contributed by atoms with Crippen LogP contribution in [0.4, 0.5) is 0 Å². The van der Waals surface area contributed by atoms with Gasteiger partial charge in [-0.05, 0) is 26.9 Å². The van der Waals surface area contributed by atoms with E-state index in [1.54, 1.807) is 0 Å². The molecule has 0 radical (unpaired) electrons. The van der Waals surface area contributed by atoms with Crippen LogP contribution in [0.1, 0.15) is 13.8 Å². The molecule has 0 spiro atoms. The van der Waals surface area contributed by atoms with Gasteiger partial charge in [0, 0.05) is 32.3 Å². The van der Waals surface area contributed by atoms with Gasteiger partial charge < -0.3 is 14.7 Å². The summed E-state index contributed by atoms with van der Waals surface area (Å²) in [6.45, 7) is 8.21. The van der Waals surface area contributed by atoms with Gasteiger partial charge in [0.05, 0.1) is 12.7 Å². The van der Waals surface area contributed by atoms with Crippen molar-refractivity contribution in [2.24, 2.45) is 5.92 Å². The Bertz CT molecular complexity index is 199. The Hall–Kier alpha value is -0.160. The van der Waals surface area contributed by atoms with Gasteiger partial charge in [-0.2, -0.15) is 0 Å². The third-order valence-electron chi connectivity index (χ3n) is 3.29. The van der Waals surface area contributed by atoms with Crippen LogP contribution >= 0.6 is 0 Å². The summed E-state index contributed by atoms with van der Waals surface area (Å²) in [5.74, 6) is 0.675. The van der Waals surface area contributed by atoms with Crippen LogP contribution in [0.25, 0.3) is 0 Å². The second kappa shape index (κ2) is 6.55. The summed E-state index contributed by atoms with van der Waals surface area (Å²) in [4.78, 5) is 4.61. The first-order chi connectivity index (χ1) is 7.54. The van der Waals surface area contributed by atoms with Crippen LogP contribution in [0.5, 0.6) is 0 Å². The molecule has 0 amide bonds. The van der Waals surface area contributed by atoms with Crippen LogP contribution < -0.4 is 0 Å². The van der Waals surface area contributed by atoms with Crippen LogP contribution in [-0.2, 0) is 4.74 Å². The van der Waals surface area contributed by atoms with Crippen molar-refractivity contribution < 1.29 is 9.84 Å². The van der Waals surface area contributed by atoms with Gasteiger partial charge in [-0.1, -0.05) is 6.92 Å². The number of aliphatic hydroxyl groups is 1. The van der Waals surface area contributed by atoms with Crippen molar-refractivity contribution in [3.05, 3.63) is 0 Å². The molecule has 1 saturated heterocycles. The van der Waals surface area contributed by atoms with Crippen molar-refractivity contribution in [1.29, 1.82) is 0 Å². The summed E-state index contributed by atoms with van der Waals surface area (Å²) < 4.78 is 5.22. The fraction of sp³-hybridized carbons (Fsp3) is 1.00. The number of likely N-dealkylation sites (N-methyl/N-ethyl adjacent to an activating group) is 1.